The molecule has 0 saturated heterocycles. The van der Waals surface area contributed by atoms with Crippen molar-refractivity contribution in [3.05, 3.63) is 69.9 Å². The first-order valence-corrected chi connectivity index (χ1v) is 7.35. The molecule has 0 N–H and O–H groups in total. The summed E-state index contributed by atoms with van der Waals surface area (Å²) in [6.07, 6.45) is 6.40. The van der Waals surface area contributed by atoms with Crippen LogP contribution in [0.2, 0.25) is 4.34 Å². The van der Waals surface area contributed by atoms with Gasteiger partial charge in [0.05, 0.1) is 14.9 Å². The van der Waals surface area contributed by atoms with E-state index in [0.29, 0.717) is 9.21 Å². The van der Waals surface area contributed by atoms with Crippen LogP contribution in [0, 0.1) is 0 Å². The minimum Gasteiger partial charge on any atom is -0.288 e. The number of halogens is 1. The maximum Gasteiger partial charge on any atom is 0.195 e. The molecule has 0 amide bonds. The molecule has 2 aromatic heterocycles. The van der Waals surface area contributed by atoms with Crippen molar-refractivity contribution in [1.29, 1.82) is 0 Å². The summed E-state index contributed by atoms with van der Waals surface area (Å²) in [5, 5.41) is 4.11. The van der Waals surface area contributed by atoms with E-state index in [4.69, 9.17) is 11.6 Å². The van der Waals surface area contributed by atoms with Gasteiger partial charge < -0.3 is 0 Å². The van der Waals surface area contributed by atoms with Gasteiger partial charge in [0.1, 0.15) is 12.7 Å². The fraction of sp³-hybridized carbons (Fsp3) is 0. The number of thiophene rings is 1. The predicted octanol–water partition coefficient (Wildman–Crippen LogP) is 3.88. The van der Waals surface area contributed by atoms with Gasteiger partial charge in [-0.1, -0.05) is 29.8 Å². The van der Waals surface area contributed by atoms with Crippen molar-refractivity contribution in [2.75, 3.05) is 0 Å². The minimum absolute atomic E-state index is 0.0692. The summed E-state index contributed by atoms with van der Waals surface area (Å²) >= 11 is 7.11. The van der Waals surface area contributed by atoms with Crippen LogP contribution in [0.15, 0.2) is 55.1 Å². The Labute approximate surface area is 130 Å². The maximum atomic E-state index is 12.1. The Morgan fingerprint density at radius 1 is 1.24 bits per heavy atom. The van der Waals surface area contributed by atoms with E-state index in [1.165, 1.54) is 23.7 Å². The molecule has 3 aromatic rings. The number of nitrogens with zero attached hydrogens (tertiary/aromatic N) is 3. The van der Waals surface area contributed by atoms with E-state index in [0.717, 1.165) is 11.3 Å². The molecule has 0 spiro atoms. The van der Waals surface area contributed by atoms with E-state index in [9.17, 15) is 4.79 Å². The summed E-state index contributed by atoms with van der Waals surface area (Å²) in [7, 11) is 0. The van der Waals surface area contributed by atoms with Crippen LogP contribution in [-0.2, 0) is 0 Å². The molecule has 0 aliphatic heterocycles. The number of ketones is 1. The third-order valence-electron chi connectivity index (χ3n) is 2.83. The van der Waals surface area contributed by atoms with Crippen molar-refractivity contribution in [2.45, 2.75) is 0 Å². The zero-order valence-corrected chi connectivity index (χ0v) is 12.4. The number of carbonyl (C=O) groups is 1. The molecule has 0 atom stereocenters. The number of para-hydroxylation sites is 1. The van der Waals surface area contributed by atoms with Gasteiger partial charge in [0.15, 0.2) is 5.78 Å². The summed E-state index contributed by atoms with van der Waals surface area (Å²) in [5.74, 6) is -0.0692. The van der Waals surface area contributed by atoms with Crippen molar-refractivity contribution in [2.24, 2.45) is 0 Å². The quantitative estimate of drug-likeness (QED) is 0.542. The van der Waals surface area contributed by atoms with Gasteiger partial charge in [-0.15, -0.1) is 11.3 Å². The lowest BCUT2D eigenvalue weighted by atomic mass is 10.1. The molecule has 0 unspecified atom stereocenters. The van der Waals surface area contributed by atoms with E-state index >= 15 is 0 Å². The topological polar surface area (TPSA) is 47.8 Å². The Morgan fingerprint density at radius 2 is 2.10 bits per heavy atom. The van der Waals surface area contributed by atoms with Crippen LogP contribution in [-0.4, -0.2) is 20.5 Å². The number of hydrogen-bond acceptors (Lipinski definition) is 4. The Balaban J connectivity index is 1.88. The first-order valence-electron chi connectivity index (χ1n) is 6.16. The SMILES string of the molecule is O=C(/C=C/c1ccccc1-n1cncn1)c1ccc(Cl)s1. The van der Waals surface area contributed by atoms with Crippen LogP contribution in [0.25, 0.3) is 11.8 Å². The molecule has 21 heavy (non-hydrogen) atoms. The van der Waals surface area contributed by atoms with Crippen molar-refractivity contribution < 1.29 is 4.79 Å². The molecule has 104 valence electrons. The molecule has 0 aliphatic rings. The second kappa shape index (κ2) is 6.03. The lowest BCUT2D eigenvalue weighted by molar-refractivity contribution is 0.105. The maximum absolute atomic E-state index is 12.1. The summed E-state index contributed by atoms with van der Waals surface area (Å²) < 4.78 is 2.27. The monoisotopic (exact) mass is 315 g/mol. The van der Waals surface area contributed by atoms with Crippen LogP contribution in [0.3, 0.4) is 0 Å². The van der Waals surface area contributed by atoms with Crippen molar-refractivity contribution >= 4 is 34.8 Å². The van der Waals surface area contributed by atoms with Crippen LogP contribution in [0.5, 0.6) is 0 Å². The molecule has 0 saturated carbocycles. The van der Waals surface area contributed by atoms with Gasteiger partial charge in [0, 0.05) is 5.56 Å². The largest absolute Gasteiger partial charge is 0.288 e. The van der Waals surface area contributed by atoms with Gasteiger partial charge in [-0.2, -0.15) is 5.10 Å². The van der Waals surface area contributed by atoms with Gasteiger partial charge in [0.25, 0.3) is 0 Å². The highest BCUT2D eigenvalue weighted by molar-refractivity contribution is 7.18. The Bertz CT molecular complexity index is 793. The summed E-state index contributed by atoms with van der Waals surface area (Å²) in [5.41, 5.74) is 1.75. The van der Waals surface area contributed by atoms with Crippen LogP contribution in [0.4, 0.5) is 0 Å². The lowest BCUT2D eigenvalue weighted by Gasteiger charge is -2.04. The summed E-state index contributed by atoms with van der Waals surface area (Å²) in [4.78, 5) is 16.6. The second-order valence-electron chi connectivity index (χ2n) is 4.20. The Hall–Kier alpha value is -2.24. The molecule has 4 nitrogen and oxygen atoms in total. The average Bonchev–Trinajstić information content (AvgIpc) is 3.16. The highest BCUT2D eigenvalue weighted by atomic mass is 35.5. The fourth-order valence-electron chi connectivity index (χ4n) is 1.86. The molecule has 2 heterocycles. The third-order valence-corrected chi connectivity index (χ3v) is 4.08. The van der Waals surface area contributed by atoms with Gasteiger partial charge >= 0.3 is 0 Å². The smallest absolute Gasteiger partial charge is 0.195 e. The van der Waals surface area contributed by atoms with E-state index in [1.54, 1.807) is 29.2 Å². The highest BCUT2D eigenvalue weighted by Gasteiger charge is 2.06. The van der Waals surface area contributed by atoms with Crippen molar-refractivity contribution in [1.82, 2.24) is 14.8 Å². The zero-order chi connectivity index (χ0) is 14.7. The molecule has 1 aromatic carbocycles. The number of hydrogen-bond donors (Lipinski definition) is 0. The molecular weight excluding hydrogens is 306 g/mol. The van der Waals surface area contributed by atoms with E-state index < -0.39 is 0 Å². The van der Waals surface area contributed by atoms with Gasteiger partial charge in [-0.05, 0) is 30.4 Å². The molecule has 3 rings (SSSR count). The van der Waals surface area contributed by atoms with Gasteiger partial charge in [0.2, 0.25) is 0 Å². The Kier molecular flexibility index (Phi) is 3.94. The van der Waals surface area contributed by atoms with Crippen LogP contribution in [0.1, 0.15) is 15.2 Å². The lowest BCUT2D eigenvalue weighted by Crippen LogP contribution is -1.97. The average molecular weight is 316 g/mol. The molecule has 0 radical (unpaired) electrons. The van der Waals surface area contributed by atoms with Crippen molar-refractivity contribution in [3.8, 4) is 5.69 Å². The fourth-order valence-corrected chi connectivity index (χ4v) is 2.83. The van der Waals surface area contributed by atoms with E-state index in [-0.39, 0.29) is 5.78 Å². The summed E-state index contributed by atoms with van der Waals surface area (Å²) in [6, 6.07) is 11.1. The van der Waals surface area contributed by atoms with Crippen LogP contribution < -0.4 is 0 Å². The van der Waals surface area contributed by atoms with E-state index in [1.807, 2.05) is 24.3 Å². The standard InChI is InChI=1S/C15H10ClN3OS/c16-15-8-7-14(21-15)13(20)6-5-11-3-1-2-4-12(11)19-10-17-9-18-19/h1-10H/b6-5+. The second-order valence-corrected chi connectivity index (χ2v) is 5.92. The first kappa shape index (κ1) is 13.7. The Morgan fingerprint density at radius 3 is 2.81 bits per heavy atom. The minimum atomic E-state index is -0.0692. The van der Waals surface area contributed by atoms with E-state index in [2.05, 4.69) is 10.1 Å². The number of allylic oxidation sites excluding steroid dienone is 1. The normalized spacial score (nSPS) is 11.1. The molecule has 0 aliphatic carbocycles. The molecule has 6 heteroatoms. The van der Waals surface area contributed by atoms with Gasteiger partial charge in [-0.25, -0.2) is 9.67 Å². The molecule has 0 bridgehead atoms. The predicted molar refractivity (Wildman–Crippen MR) is 84.1 cm³/mol. The van der Waals surface area contributed by atoms with Crippen molar-refractivity contribution in [3.63, 3.8) is 0 Å². The number of benzene rings is 1. The number of carbonyl (C=O) groups excluding carboxylic acids is 1. The molecular formula is C15H10ClN3OS. The zero-order valence-electron chi connectivity index (χ0n) is 10.8. The number of rotatable bonds is 4. The molecule has 0 fully saturated rings. The number of aromatic nitrogens is 3. The third kappa shape index (κ3) is 3.09. The van der Waals surface area contributed by atoms with Crippen LogP contribution >= 0.6 is 22.9 Å². The first-order chi connectivity index (χ1) is 10.2. The highest BCUT2D eigenvalue weighted by Crippen LogP contribution is 2.22. The summed E-state index contributed by atoms with van der Waals surface area (Å²) in [6.45, 7) is 0. The van der Waals surface area contributed by atoms with Gasteiger partial charge in [-0.3, -0.25) is 4.79 Å².